The van der Waals surface area contributed by atoms with Gasteiger partial charge in [-0.3, -0.25) is 9.59 Å². The molecule has 6 nitrogen and oxygen atoms in total. The third kappa shape index (κ3) is 3.78. The van der Waals surface area contributed by atoms with Crippen LogP contribution in [0.2, 0.25) is 0 Å². The van der Waals surface area contributed by atoms with E-state index in [2.05, 4.69) is 17.2 Å². The zero-order valence-electron chi connectivity index (χ0n) is 12.5. The van der Waals surface area contributed by atoms with Crippen molar-refractivity contribution in [3.05, 3.63) is 17.7 Å². The summed E-state index contributed by atoms with van der Waals surface area (Å²) in [7, 11) is 0. The van der Waals surface area contributed by atoms with Gasteiger partial charge in [0.2, 0.25) is 5.91 Å². The van der Waals surface area contributed by atoms with E-state index in [1.165, 1.54) is 0 Å². The third-order valence-electron chi connectivity index (χ3n) is 3.81. The van der Waals surface area contributed by atoms with Crippen molar-refractivity contribution >= 4 is 23.6 Å². The Labute approximate surface area is 128 Å². The van der Waals surface area contributed by atoms with Crippen molar-refractivity contribution in [1.82, 2.24) is 14.9 Å². The Morgan fingerprint density at radius 3 is 3.05 bits per heavy atom. The molecule has 7 heteroatoms. The van der Waals surface area contributed by atoms with Gasteiger partial charge in [-0.25, -0.2) is 4.98 Å². The molecule has 0 aliphatic carbocycles. The highest BCUT2D eigenvalue weighted by Crippen LogP contribution is 2.20. The summed E-state index contributed by atoms with van der Waals surface area (Å²) in [5.74, 6) is 1.54. The van der Waals surface area contributed by atoms with Crippen LogP contribution >= 0.6 is 11.8 Å². The normalized spacial score (nSPS) is 18.9. The van der Waals surface area contributed by atoms with E-state index in [0.29, 0.717) is 18.0 Å². The Kier molecular flexibility index (Phi) is 5.27. The molecule has 1 aromatic heterocycles. The van der Waals surface area contributed by atoms with Crippen LogP contribution in [-0.2, 0) is 17.8 Å². The fourth-order valence-electron chi connectivity index (χ4n) is 2.52. The number of nitrogens with one attached hydrogen (secondary N) is 1. The number of carbonyl (C=O) groups excluding carboxylic acids is 2. The van der Waals surface area contributed by atoms with Gasteiger partial charge in [-0.1, -0.05) is 6.92 Å². The predicted molar refractivity (Wildman–Crippen MR) is 83.2 cm³/mol. The lowest BCUT2D eigenvalue weighted by atomic mass is 10.0. The second-order valence-electron chi connectivity index (χ2n) is 5.52. The van der Waals surface area contributed by atoms with Crippen LogP contribution in [0.15, 0.2) is 6.20 Å². The predicted octanol–water partition coefficient (Wildman–Crippen LogP) is 0.802. The van der Waals surface area contributed by atoms with Gasteiger partial charge in [0.05, 0.1) is 6.20 Å². The fourth-order valence-corrected chi connectivity index (χ4v) is 3.00. The quantitative estimate of drug-likeness (QED) is 0.813. The maximum absolute atomic E-state index is 12.4. The van der Waals surface area contributed by atoms with Crippen LogP contribution in [0.1, 0.15) is 36.1 Å². The van der Waals surface area contributed by atoms with Crippen molar-refractivity contribution in [3.63, 3.8) is 0 Å². The first-order valence-corrected chi connectivity index (χ1v) is 8.55. The summed E-state index contributed by atoms with van der Waals surface area (Å²) in [4.78, 5) is 28.1. The van der Waals surface area contributed by atoms with Gasteiger partial charge in [0.1, 0.15) is 17.6 Å². The molecule has 0 fully saturated rings. The SMILES string of the molecule is CSCC[C@H](NC(=O)c1cnc2n1CCC(C)C2)C(N)=O. The number of nitrogens with two attached hydrogens (primary N) is 1. The van der Waals surface area contributed by atoms with Gasteiger partial charge >= 0.3 is 0 Å². The number of aromatic nitrogens is 2. The van der Waals surface area contributed by atoms with E-state index in [0.717, 1.165) is 31.0 Å². The summed E-state index contributed by atoms with van der Waals surface area (Å²) in [5.41, 5.74) is 5.87. The lowest BCUT2D eigenvalue weighted by Crippen LogP contribution is -2.45. The molecule has 1 aromatic rings. The van der Waals surface area contributed by atoms with E-state index < -0.39 is 11.9 Å². The van der Waals surface area contributed by atoms with Crippen molar-refractivity contribution < 1.29 is 9.59 Å². The molecule has 1 aliphatic heterocycles. The highest BCUT2D eigenvalue weighted by Gasteiger charge is 2.25. The Hall–Kier alpha value is -1.50. The smallest absolute Gasteiger partial charge is 0.270 e. The van der Waals surface area contributed by atoms with E-state index in [-0.39, 0.29) is 5.91 Å². The number of amides is 2. The molecule has 2 heterocycles. The van der Waals surface area contributed by atoms with Crippen molar-refractivity contribution in [1.29, 1.82) is 0 Å². The molecule has 2 rings (SSSR count). The summed E-state index contributed by atoms with van der Waals surface area (Å²) in [6.07, 6.45) is 6.01. The van der Waals surface area contributed by atoms with E-state index >= 15 is 0 Å². The van der Waals surface area contributed by atoms with Crippen molar-refractivity contribution in [2.75, 3.05) is 12.0 Å². The van der Waals surface area contributed by atoms with Crippen LogP contribution < -0.4 is 11.1 Å². The number of thioether (sulfide) groups is 1. The van der Waals surface area contributed by atoms with Gasteiger partial charge < -0.3 is 15.6 Å². The summed E-state index contributed by atoms with van der Waals surface area (Å²) in [6.45, 7) is 2.98. The monoisotopic (exact) mass is 310 g/mol. The van der Waals surface area contributed by atoms with Crippen LogP contribution in [0.3, 0.4) is 0 Å². The molecular formula is C14H22N4O2S. The van der Waals surface area contributed by atoms with Gasteiger partial charge in [-0.2, -0.15) is 11.8 Å². The summed E-state index contributed by atoms with van der Waals surface area (Å²) < 4.78 is 1.95. The molecule has 0 saturated heterocycles. The maximum Gasteiger partial charge on any atom is 0.270 e. The number of fused-ring (bicyclic) bond motifs is 1. The first kappa shape index (κ1) is 15.9. The highest BCUT2D eigenvalue weighted by molar-refractivity contribution is 7.98. The standard InChI is InChI=1S/C14H22N4O2S/c1-9-3-5-18-11(8-16-12(18)7-9)14(20)17-10(13(15)19)4-6-21-2/h8-10H,3-7H2,1-2H3,(H2,15,19)(H,17,20)/t9?,10-/m0/s1. The van der Waals surface area contributed by atoms with E-state index in [1.54, 1.807) is 18.0 Å². The van der Waals surface area contributed by atoms with Gasteiger partial charge in [0.25, 0.3) is 5.91 Å². The first-order chi connectivity index (χ1) is 10.0. The second-order valence-corrected chi connectivity index (χ2v) is 6.50. The topological polar surface area (TPSA) is 90.0 Å². The molecule has 3 N–H and O–H groups in total. The number of imidazole rings is 1. The molecule has 0 radical (unpaired) electrons. The number of hydrogen-bond donors (Lipinski definition) is 2. The zero-order valence-corrected chi connectivity index (χ0v) is 13.3. The minimum atomic E-state index is -0.626. The van der Waals surface area contributed by atoms with Crippen LogP contribution in [0, 0.1) is 5.92 Å². The number of primary amides is 1. The Morgan fingerprint density at radius 1 is 1.62 bits per heavy atom. The van der Waals surface area contributed by atoms with Crippen LogP contribution in [-0.4, -0.2) is 39.4 Å². The molecule has 0 aromatic carbocycles. The van der Waals surface area contributed by atoms with Gasteiger partial charge in [-0.05, 0) is 30.8 Å². The molecule has 116 valence electrons. The van der Waals surface area contributed by atoms with Gasteiger partial charge in [-0.15, -0.1) is 0 Å². The molecular weight excluding hydrogens is 288 g/mol. The number of rotatable bonds is 6. The van der Waals surface area contributed by atoms with Crippen molar-refractivity contribution in [2.24, 2.45) is 11.7 Å². The van der Waals surface area contributed by atoms with Crippen molar-refractivity contribution in [2.45, 2.75) is 38.8 Å². The Bertz CT molecular complexity index is 529. The fraction of sp³-hybridized carbons (Fsp3) is 0.643. The highest BCUT2D eigenvalue weighted by atomic mass is 32.2. The van der Waals surface area contributed by atoms with Gasteiger partial charge in [0, 0.05) is 13.0 Å². The van der Waals surface area contributed by atoms with E-state index in [4.69, 9.17) is 5.73 Å². The third-order valence-corrected chi connectivity index (χ3v) is 4.45. The molecule has 1 aliphatic rings. The molecule has 2 atom stereocenters. The molecule has 0 bridgehead atoms. The Balaban J connectivity index is 2.08. The first-order valence-electron chi connectivity index (χ1n) is 7.16. The molecule has 21 heavy (non-hydrogen) atoms. The molecule has 1 unspecified atom stereocenters. The molecule has 2 amide bonds. The minimum absolute atomic E-state index is 0.270. The van der Waals surface area contributed by atoms with Crippen LogP contribution in [0.5, 0.6) is 0 Å². The lowest BCUT2D eigenvalue weighted by molar-refractivity contribution is -0.119. The number of nitrogens with zero attached hydrogens (tertiary/aromatic N) is 2. The average molecular weight is 310 g/mol. The number of carbonyl (C=O) groups is 2. The largest absolute Gasteiger partial charge is 0.368 e. The lowest BCUT2D eigenvalue weighted by Gasteiger charge is -2.22. The van der Waals surface area contributed by atoms with Crippen molar-refractivity contribution in [3.8, 4) is 0 Å². The van der Waals surface area contributed by atoms with Crippen LogP contribution in [0.4, 0.5) is 0 Å². The molecule has 0 saturated carbocycles. The molecule has 0 spiro atoms. The van der Waals surface area contributed by atoms with E-state index in [9.17, 15) is 9.59 Å². The summed E-state index contributed by atoms with van der Waals surface area (Å²) in [5, 5.41) is 2.73. The van der Waals surface area contributed by atoms with Crippen LogP contribution in [0.25, 0.3) is 0 Å². The summed E-state index contributed by atoms with van der Waals surface area (Å²) >= 11 is 1.62. The Morgan fingerprint density at radius 2 is 2.38 bits per heavy atom. The minimum Gasteiger partial charge on any atom is -0.368 e. The number of hydrogen-bond acceptors (Lipinski definition) is 4. The van der Waals surface area contributed by atoms with E-state index in [1.807, 2.05) is 10.8 Å². The summed E-state index contributed by atoms with van der Waals surface area (Å²) in [6, 6.07) is -0.626. The average Bonchev–Trinajstić information content (AvgIpc) is 2.85. The second kappa shape index (κ2) is 6.98. The zero-order chi connectivity index (χ0) is 15.4. The maximum atomic E-state index is 12.4. The van der Waals surface area contributed by atoms with Gasteiger partial charge in [0.15, 0.2) is 0 Å².